The first-order valence-electron chi connectivity index (χ1n) is 7.71. The van der Waals surface area contributed by atoms with Gasteiger partial charge in [0, 0.05) is 24.8 Å². The van der Waals surface area contributed by atoms with Crippen molar-refractivity contribution in [1.29, 1.82) is 0 Å². The summed E-state index contributed by atoms with van der Waals surface area (Å²) in [5.41, 5.74) is 8.07. The van der Waals surface area contributed by atoms with Crippen molar-refractivity contribution in [2.24, 2.45) is 5.73 Å². The molecule has 1 saturated heterocycles. The van der Waals surface area contributed by atoms with Crippen LogP contribution in [0.25, 0.3) is 5.82 Å². The number of carbonyl (C=O) groups is 1. The minimum atomic E-state index is -0.173. The van der Waals surface area contributed by atoms with Gasteiger partial charge in [0.05, 0.1) is 10.7 Å². The summed E-state index contributed by atoms with van der Waals surface area (Å²) in [4.78, 5) is 18.9. The molecule has 23 heavy (non-hydrogen) atoms. The van der Waals surface area contributed by atoms with Crippen LogP contribution in [-0.4, -0.2) is 44.7 Å². The summed E-state index contributed by atoms with van der Waals surface area (Å²) in [5, 5.41) is 4.75. The third kappa shape index (κ3) is 3.23. The second-order valence-electron chi connectivity index (χ2n) is 5.99. The fourth-order valence-corrected chi connectivity index (χ4v) is 3.09. The Hall–Kier alpha value is -1.92. The van der Waals surface area contributed by atoms with Gasteiger partial charge in [0.2, 0.25) is 0 Å². The van der Waals surface area contributed by atoms with Crippen molar-refractivity contribution in [2.45, 2.75) is 32.7 Å². The molecular weight excluding hydrogens is 314 g/mol. The molecule has 0 bridgehead atoms. The average molecular weight is 334 g/mol. The zero-order chi connectivity index (χ0) is 16.6. The fourth-order valence-electron chi connectivity index (χ4n) is 2.90. The number of nitrogens with zero attached hydrogens (tertiary/aromatic N) is 4. The molecule has 122 valence electrons. The number of aryl methyl sites for hydroxylation is 2. The molecule has 0 radical (unpaired) electrons. The van der Waals surface area contributed by atoms with E-state index in [-0.39, 0.29) is 17.6 Å². The highest BCUT2D eigenvalue weighted by Crippen LogP contribution is 2.21. The van der Waals surface area contributed by atoms with E-state index in [0.717, 1.165) is 24.2 Å². The number of nitrogens with two attached hydrogens (primary N) is 1. The van der Waals surface area contributed by atoms with Crippen molar-refractivity contribution in [3.63, 3.8) is 0 Å². The van der Waals surface area contributed by atoms with Gasteiger partial charge in [0.1, 0.15) is 5.69 Å². The van der Waals surface area contributed by atoms with E-state index in [2.05, 4.69) is 10.1 Å². The lowest BCUT2D eigenvalue weighted by atomic mass is 10.1. The molecule has 3 rings (SSSR count). The van der Waals surface area contributed by atoms with Crippen LogP contribution in [0.1, 0.15) is 34.7 Å². The van der Waals surface area contributed by atoms with Crippen molar-refractivity contribution >= 4 is 17.5 Å². The summed E-state index contributed by atoms with van der Waals surface area (Å²) in [6.07, 6.45) is 1.85. The number of piperidine rings is 1. The number of rotatable bonds is 2. The number of likely N-dealkylation sites (tertiary alicyclic amines) is 1. The van der Waals surface area contributed by atoms with Crippen LogP contribution in [0.15, 0.2) is 18.2 Å². The maximum Gasteiger partial charge on any atom is 0.274 e. The molecule has 3 heterocycles. The molecule has 1 fully saturated rings. The van der Waals surface area contributed by atoms with E-state index in [1.165, 1.54) is 0 Å². The van der Waals surface area contributed by atoms with Gasteiger partial charge in [-0.25, -0.2) is 9.67 Å². The molecule has 0 spiro atoms. The number of halogens is 1. The summed E-state index contributed by atoms with van der Waals surface area (Å²) >= 11 is 6.21. The van der Waals surface area contributed by atoms with Crippen LogP contribution in [-0.2, 0) is 0 Å². The topological polar surface area (TPSA) is 77.0 Å². The maximum absolute atomic E-state index is 12.7. The van der Waals surface area contributed by atoms with Crippen molar-refractivity contribution in [3.8, 4) is 5.82 Å². The first-order valence-corrected chi connectivity index (χ1v) is 8.08. The quantitative estimate of drug-likeness (QED) is 0.913. The lowest BCUT2D eigenvalue weighted by Gasteiger charge is -2.30. The van der Waals surface area contributed by atoms with Gasteiger partial charge in [-0.3, -0.25) is 4.79 Å². The zero-order valence-electron chi connectivity index (χ0n) is 13.3. The SMILES string of the molecule is Cc1cc(C)n(-c2ccc(Cl)c(C(=O)N3CCC[C@H](N)C3)n2)n1. The van der Waals surface area contributed by atoms with Crippen molar-refractivity contribution in [2.75, 3.05) is 13.1 Å². The van der Waals surface area contributed by atoms with E-state index in [4.69, 9.17) is 17.3 Å². The molecule has 0 saturated carbocycles. The summed E-state index contributed by atoms with van der Waals surface area (Å²) in [6, 6.07) is 5.44. The van der Waals surface area contributed by atoms with Crippen molar-refractivity contribution in [1.82, 2.24) is 19.7 Å². The van der Waals surface area contributed by atoms with Gasteiger partial charge >= 0.3 is 0 Å². The minimum Gasteiger partial charge on any atom is -0.336 e. The predicted molar refractivity (Wildman–Crippen MR) is 89.0 cm³/mol. The standard InChI is InChI=1S/C16H20ClN5O/c1-10-8-11(2)22(20-10)14-6-5-13(17)15(19-14)16(23)21-7-3-4-12(18)9-21/h5-6,8,12H,3-4,7,9,18H2,1-2H3/t12-/m0/s1. The highest BCUT2D eigenvalue weighted by molar-refractivity contribution is 6.33. The molecule has 1 amide bonds. The third-order valence-corrected chi connectivity index (χ3v) is 4.31. The Morgan fingerprint density at radius 2 is 2.17 bits per heavy atom. The highest BCUT2D eigenvalue weighted by atomic mass is 35.5. The molecule has 1 aliphatic heterocycles. The molecule has 1 aliphatic rings. The molecule has 2 aromatic rings. The fraction of sp³-hybridized carbons (Fsp3) is 0.438. The molecule has 7 heteroatoms. The predicted octanol–water partition coefficient (Wildman–Crippen LogP) is 2.10. The highest BCUT2D eigenvalue weighted by Gasteiger charge is 2.25. The Balaban J connectivity index is 1.94. The first-order chi connectivity index (χ1) is 11.0. The second kappa shape index (κ2) is 6.29. The van der Waals surface area contributed by atoms with Crippen LogP contribution in [0.4, 0.5) is 0 Å². The van der Waals surface area contributed by atoms with E-state index < -0.39 is 0 Å². The van der Waals surface area contributed by atoms with E-state index in [1.54, 1.807) is 21.7 Å². The van der Waals surface area contributed by atoms with E-state index in [1.807, 2.05) is 19.9 Å². The van der Waals surface area contributed by atoms with Crippen LogP contribution in [0, 0.1) is 13.8 Å². The first kappa shape index (κ1) is 16.0. The van der Waals surface area contributed by atoms with Crippen LogP contribution in [0.3, 0.4) is 0 Å². The molecule has 2 aromatic heterocycles. The summed E-state index contributed by atoms with van der Waals surface area (Å²) < 4.78 is 1.71. The van der Waals surface area contributed by atoms with Gasteiger partial charge in [0.25, 0.3) is 5.91 Å². The molecule has 1 atom stereocenters. The average Bonchev–Trinajstić information content (AvgIpc) is 2.86. The van der Waals surface area contributed by atoms with Crippen LogP contribution in [0.2, 0.25) is 5.02 Å². The third-order valence-electron chi connectivity index (χ3n) is 4.01. The van der Waals surface area contributed by atoms with E-state index >= 15 is 0 Å². The monoisotopic (exact) mass is 333 g/mol. The normalized spacial score (nSPS) is 18.3. The van der Waals surface area contributed by atoms with Gasteiger partial charge in [-0.1, -0.05) is 11.6 Å². The molecular formula is C16H20ClN5O. The minimum absolute atomic E-state index is 0.0191. The van der Waals surface area contributed by atoms with E-state index in [9.17, 15) is 4.79 Å². The van der Waals surface area contributed by atoms with Gasteiger partial charge in [-0.15, -0.1) is 0 Å². The lowest BCUT2D eigenvalue weighted by molar-refractivity contribution is 0.0703. The van der Waals surface area contributed by atoms with Crippen LogP contribution >= 0.6 is 11.6 Å². The smallest absolute Gasteiger partial charge is 0.274 e. The zero-order valence-corrected chi connectivity index (χ0v) is 14.0. The number of pyridine rings is 1. The molecule has 2 N–H and O–H groups in total. The number of amides is 1. The Morgan fingerprint density at radius 3 is 2.83 bits per heavy atom. The number of carbonyl (C=O) groups excluding carboxylic acids is 1. The Kier molecular flexibility index (Phi) is 4.37. The van der Waals surface area contributed by atoms with Crippen molar-refractivity contribution in [3.05, 3.63) is 40.3 Å². The van der Waals surface area contributed by atoms with E-state index in [0.29, 0.717) is 23.9 Å². The summed E-state index contributed by atoms with van der Waals surface area (Å²) in [7, 11) is 0. The van der Waals surface area contributed by atoms with Gasteiger partial charge < -0.3 is 10.6 Å². The molecule has 0 aliphatic carbocycles. The molecule has 6 nitrogen and oxygen atoms in total. The number of aromatic nitrogens is 3. The Bertz CT molecular complexity index is 742. The van der Waals surface area contributed by atoms with Crippen LogP contribution in [0.5, 0.6) is 0 Å². The van der Waals surface area contributed by atoms with Gasteiger partial charge in [-0.05, 0) is 44.9 Å². The Labute approximate surface area is 140 Å². The summed E-state index contributed by atoms with van der Waals surface area (Å²) in [5.74, 6) is 0.415. The van der Waals surface area contributed by atoms with Crippen LogP contribution < -0.4 is 5.73 Å². The molecule has 0 aromatic carbocycles. The van der Waals surface area contributed by atoms with Gasteiger partial charge in [0.15, 0.2) is 5.82 Å². The lowest BCUT2D eigenvalue weighted by Crippen LogP contribution is -2.46. The number of hydrogen-bond acceptors (Lipinski definition) is 4. The largest absolute Gasteiger partial charge is 0.336 e. The number of hydrogen-bond donors (Lipinski definition) is 1. The molecule has 0 unspecified atom stereocenters. The summed E-state index contributed by atoms with van der Waals surface area (Å²) in [6.45, 7) is 5.09. The Morgan fingerprint density at radius 1 is 1.39 bits per heavy atom. The van der Waals surface area contributed by atoms with Gasteiger partial charge in [-0.2, -0.15) is 5.10 Å². The second-order valence-corrected chi connectivity index (χ2v) is 6.40. The maximum atomic E-state index is 12.7. The van der Waals surface area contributed by atoms with Crippen molar-refractivity contribution < 1.29 is 4.79 Å².